The van der Waals surface area contributed by atoms with Gasteiger partial charge in [0.1, 0.15) is 17.3 Å². The minimum absolute atomic E-state index is 0.0131. The number of carbonyl (C=O) groups excluding carboxylic acids is 1. The maximum atomic E-state index is 15.5. The number of aromatic nitrogens is 1. The fourth-order valence-corrected chi connectivity index (χ4v) is 9.73. The zero-order valence-electron chi connectivity index (χ0n) is 29.6. The second-order valence-corrected chi connectivity index (χ2v) is 17.7. The van der Waals surface area contributed by atoms with E-state index in [1.54, 1.807) is 24.3 Å². The summed E-state index contributed by atoms with van der Waals surface area (Å²) in [6.45, 7) is 4.66. The number of benzene rings is 2. The molecule has 2 bridgehead atoms. The van der Waals surface area contributed by atoms with Gasteiger partial charge in [-0.25, -0.2) is 17.5 Å². The van der Waals surface area contributed by atoms with Gasteiger partial charge in [0.05, 0.1) is 34.2 Å². The van der Waals surface area contributed by atoms with Crippen LogP contribution >= 0.6 is 23.2 Å². The van der Waals surface area contributed by atoms with Crippen LogP contribution in [-0.4, -0.2) is 68.5 Å². The fraction of sp³-hybridized carbons (Fsp3) is 0.590. The lowest BCUT2D eigenvalue weighted by atomic mass is 10.0. The molecule has 3 aromatic rings. The number of amides is 1. The Morgan fingerprint density at radius 3 is 2.33 bits per heavy atom. The van der Waals surface area contributed by atoms with E-state index >= 15 is 4.39 Å². The lowest BCUT2D eigenvalue weighted by Crippen LogP contribution is -2.39. The number of halogens is 3. The van der Waals surface area contributed by atoms with Crippen molar-refractivity contribution in [2.45, 2.75) is 108 Å². The summed E-state index contributed by atoms with van der Waals surface area (Å²) >= 11 is 13.0. The molecular weight excluding hydrogens is 726 g/mol. The number of ether oxygens (including phenoxy) is 1. The Morgan fingerprint density at radius 1 is 0.981 bits per heavy atom. The Labute approximate surface area is 316 Å². The van der Waals surface area contributed by atoms with Crippen molar-refractivity contribution in [1.82, 2.24) is 14.8 Å². The van der Waals surface area contributed by atoms with Gasteiger partial charge in [-0.3, -0.25) is 4.79 Å². The molecule has 4 fully saturated rings. The van der Waals surface area contributed by atoms with Crippen LogP contribution in [0.1, 0.15) is 111 Å². The first-order chi connectivity index (χ1) is 25.2. The van der Waals surface area contributed by atoms with Gasteiger partial charge in [0.15, 0.2) is 0 Å². The number of unbranched alkanes of at least 4 members (excludes halogenated alkanes) is 7. The van der Waals surface area contributed by atoms with E-state index in [2.05, 4.69) is 14.8 Å². The smallest absolute Gasteiger partial charge is 0.264 e. The number of likely N-dealkylation sites (tertiary alicyclic amines) is 1. The normalized spacial score (nSPS) is 21.5. The van der Waals surface area contributed by atoms with Crippen LogP contribution in [0.3, 0.4) is 0 Å². The van der Waals surface area contributed by atoms with Crippen molar-refractivity contribution in [3.05, 3.63) is 69.1 Å². The highest BCUT2D eigenvalue weighted by molar-refractivity contribution is 7.90. The minimum atomic E-state index is -3.81. The van der Waals surface area contributed by atoms with Gasteiger partial charge < -0.3 is 19.1 Å². The lowest BCUT2D eigenvalue weighted by molar-refractivity contribution is 0.0122. The summed E-state index contributed by atoms with van der Waals surface area (Å²) in [6, 6.07) is 9.66. The molecular formula is C39H49Cl2FN4O5S. The molecule has 0 radical (unpaired) electrons. The van der Waals surface area contributed by atoms with E-state index in [1.165, 1.54) is 57.8 Å². The predicted molar refractivity (Wildman–Crippen MR) is 202 cm³/mol. The molecule has 2 saturated carbocycles. The van der Waals surface area contributed by atoms with Crippen LogP contribution in [0, 0.1) is 11.7 Å². The molecule has 0 unspecified atom stereocenters. The number of piperidine rings is 1. The standard InChI is InChI=1S/C39H49Cl2FN4O5S/c40-31-11-9-12-32(41)36(31)37-30(38(51-43-37)26-13-14-26)25-50-35-23-29-21-28(35)24-46(29)34-16-15-27(22-33(34)42)39(47)44-52(48,49)20-8-6-4-2-1-3-5-7-17-45-18-10-19-45/h9,11-12,15-16,22,26,28-29,35H,1-8,10,13-14,17-21,23-25H2,(H,44,47)/t28-,29-,35+/m0/s1. The maximum absolute atomic E-state index is 15.5. The first kappa shape index (κ1) is 37.6. The third-order valence-corrected chi connectivity index (χ3v) is 13.2. The van der Waals surface area contributed by atoms with E-state index in [9.17, 15) is 13.2 Å². The Kier molecular flexibility index (Phi) is 12.1. The number of hydrogen-bond acceptors (Lipinski definition) is 8. The molecule has 282 valence electrons. The third-order valence-electron chi connectivity index (χ3n) is 11.2. The van der Waals surface area contributed by atoms with Crippen LogP contribution < -0.4 is 9.62 Å². The van der Waals surface area contributed by atoms with Gasteiger partial charge in [-0.15, -0.1) is 0 Å². The van der Waals surface area contributed by atoms with Crippen molar-refractivity contribution in [2.75, 3.05) is 36.8 Å². The molecule has 2 aromatic carbocycles. The Hall–Kier alpha value is -2.70. The van der Waals surface area contributed by atoms with Crippen molar-refractivity contribution < 1.29 is 26.9 Å². The zero-order chi connectivity index (χ0) is 36.2. The summed E-state index contributed by atoms with van der Waals surface area (Å²) in [5.41, 5.74) is 2.54. The highest BCUT2D eigenvalue weighted by Gasteiger charge is 2.46. The second-order valence-electron chi connectivity index (χ2n) is 15.1. The number of sulfonamides is 1. The Morgan fingerprint density at radius 2 is 1.69 bits per heavy atom. The van der Waals surface area contributed by atoms with Gasteiger partial charge in [-0.1, -0.05) is 72.9 Å². The van der Waals surface area contributed by atoms with E-state index in [0.29, 0.717) is 52.5 Å². The van der Waals surface area contributed by atoms with Crippen LogP contribution in [0.15, 0.2) is 40.9 Å². The van der Waals surface area contributed by atoms with Crippen molar-refractivity contribution >= 4 is 44.8 Å². The molecule has 1 amide bonds. The average molecular weight is 776 g/mol. The number of fused-ring (bicyclic) bond motifs is 2. The molecule has 3 heterocycles. The third kappa shape index (κ3) is 8.97. The van der Waals surface area contributed by atoms with E-state index in [4.69, 9.17) is 32.5 Å². The number of carbonyl (C=O) groups is 1. The molecule has 0 spiro atoms. The van der Waals surface area contributed by atoms with E-state index in [1.807, 2.05) is 4.90 Å². The van der Waals surface area contributed by atoms with Crippen LogP contribution in [0.4, 0.5) is 10.1 Å². The highest BCUT2D eigenvalue weighted by atomic mass is 35.5. The van der Waals surface area contributed by atoms with Gasteiger partial charge in [0, 0.05) is 41.1 Å². The van der Waals surface area contributed by atoms with Crippen molar-refractivity contribution in [3.63, 3.8) is 0 Å². The summed E-state index contributed by atoms with van der Waals surface area (Å²) in [5.74, 6) is -0.118. The maximum Gasteiger partial charge on any atom is 0.264 e. The van der Waals surface area contributed by atoms with E-state index < -0.39 is 21.7 Å². The van der Waals surface area contributed by atoms with E-state index in [0.717, 1.165) is 62.3 Å². The predicted octanol–water partition coefficient (Wildman–Crippen LogP) is 8.74. The molecule has 4 aliphatic rings. The second kappa shape index (κ2) is 16.8. The van der Waals surface area contributed by atoms with Gasteiger partial charge in [0.25, 0.3) is 5.91 Å². The number of anilines is 1. The lowest BCUT2D eigenvalue weighted by Gasteiger charge is -2.33. The van der Waals surface area contributed by atoms with Crippen LogP contribution in [-0.2, 0) is 21.4 Å². The Bertz CT molecular complexity index is 1810. The number of hydrogen-bond donors (Lipinski definition) is 1. The zero-order valence-corrected chi connectivity index (χ0v) is 32.0. The highest BCUT2D eigenvalue weighted by Crippen LogP contribution is 2.47. The molecule has 13 heteroatoms. The molecule has 1 N–H and O–H groups in total. The largest absolute Gasteiger partial charge is 0.373 e. The number of nitrogens with one attached hydrogen (secondary N) is 1. The summed E-state index contributed by atoms with van der Waals surface area (Å²) in [7, 11) is -3.81. The first-order valence-corrected chi connectivity index (χ1v) is 21.5. The fourth-order valence-electron chi connectivity index (χ4n) is 8.07. The summed E-state index contributed by atoms with van der Waals surface area (Å²) in [6.07, 6.45) is 13.3. The topological polar surface area (TPSA) is 105 Å². The molecule has 2 aliphatic carbocycles. The molecule has 9 nitrogen and oxygen atoms in total. The van der Waals surface area contributed by atoms with Crippen molar-refractivity contribution in [2.24, 2.45) is 5.92 Å². The van der Waals surface area contributed by atoms with Crippen LogP contribution in [0.5, 0.6) is 0 Å². The molecule has 2 aliphatic heterocycles. The average Bonchev–Trinajstić information content (AvgIpc) is 3.54. The monoisotopic (exact) mass is 774 g/mol. The van der Waals surface area contributed by atoms with Gasteiger partial charge in [0.2, 0.25) is 10.0 Å². The van der Waals surface area contributed by atoms with Crippen LogP contribution in [0.25, 0.3) is 11.3 Å². The van der Waals surface area contributed by atoms with Gasteiger partial charge in [-0.2, -0.15) is 0 Å². The quantitative estimate of drug-likeness (QED) is 0.121. The molecule has 3 atom stereocenters. The summed E-state index contributed by atoms with van der Waals surface area (Å²) in [4.78, 5) is 17.4. The summed E-state index contributed by atoms with van der Waals surface area (Å²) < 4.78 is 55.2. The van der Waals surface area contributed by atoms with Crippen molar-refractivity contribution in [3.8, 4) is 11.3 Å². The molecule has 52 heavy (non-hydrogen) atoms. The summed E-state index contributed by atoms with van der Waals surface area (Å²) in [5, 5.41) is 5.37. The molecule has 7 rings (SSSR count). The Balaban J connectivity index is 0.858. The first-order valence-electron chi connectivity index (χ1n) is 19.0. The number of rotatable bonds is 19. The van der Waals surface area contributed by atoms with Gasteiger partial charge in [-0.05, 0) is 94.9 Å². The van der Waals surface area contributed by atoms with Gasteiger partial charge >= 0.3 is 0 Å². The molecule has 1 aromatic heterocycles. The van der Waals surface area contributed by atoms with E-state index in [-0.39, 0.29) is 29.4 Å². The SMILES string of the molecule is O=C(NS(=O)(=O)CCCCCCCCCCN1CCC1)c1ccc(N2C[C@@H]3C[C@H]2C[C@H]3OCc2c(-c3c(Cl)cccc3Cl)noc2C2CC2)c(F)c1. The minimum Gasteiger partial charge on any atom is -0.373 e. The van der Waals surface area contributed by atoms with Crippen molar-refractivity contribution in [1.29, 1.82) is 0 Å². The number of nitrogens with zero attached hydrogens (tertiary/aromatic N) is 3. The van der Waals surface area contributed by atoms with Crippen LogP contribution in [0.2, 0.25) is 10.0 Å². The molecule has 2 saturated heterocycles.